The topological polar surface area (TPSA) is 46.1 Å². The molecule has 21 heavy (non-hydrogen) atoms. The van der Waals surface area contributed by atoms with E-state index in [0.29, 0.717) is 13.2 Å². The van der Waals surface area contributed by atoms with E-state index in [1.165, 1.54) is 0 Å². The third kappa shape index (κ3) is 6.99. The van der Waals surface area contributed by atoms with Crippen molar-refractivity contribution in [3.05, 3.63) is 29.8 Å². The Morgan fingerprint density at radius 1 is 1.29 bits per heavy atom. The second-order valence-corrected chi connectivity index (χ2v) is 4.40. The highest BCUT2D eigenvalue weighted by atomic mass is 127. The Hall–Kier alpha value is -1.02. The molecule has 6 heteroatoms. The number of benzene rings is 1. The molecule has 0 aromatic heterocycles. The van der Waals surface area contributed by atoms with Gasteiger partial charge in [0.2, 0.25) is 0 Å². The minimum absolute atomic E-state index is 0. The predicted octanol–water partition coefficient (Wildman–Crippen LogP) is 2.36. The summed E-state index contributed by atoms with van der Waals surface area (Å²) in [5.74, 6) is 1.77. The zero-order chi connectivity index (χ0) is 14.8. The van der Waals surface area contributed by atoms with E-state index in [1.807, 2.05) is 25.2 Å². The van der Waals surface area contributed by atoms with Crippen molar-refractivity contribution in [3.63, 3.8) is 0 Å². The SMILES string of the molecule is CCNC(=NCCOC)N(C)Cc1ccccc1OC.I. The van der Waals surface area contributed by atoms with Crippen LogP contribution in [-0.2, 0) is 11.3 Å². The van der Waals surface area contributed by atoms with Crippen molar-refractivity contribution in [1.29, 1.82) is 0 Å². The van der Waals surface area contributed by atoms with Crippen molar-refractivity contribution in [2.24, 2.45) is 4.99 Å². The van der Waals surface area contributed by atoms with Gasteiger partial charge in [-0.25, -0.2) is 0 Å². The number of para-hydroxylation sites is 1. The first-order chi connectivity index (χ1) is 9.72. The van der Waals surface area contributed by atoms with Crippen LogP contribution in [0.1, 0.15) is 12.5 Å². The van der Waals surface area contributed by atoms with Gasteiger partial charge in [0.1, 0.15) is 5.75 Å². The van der Waals surface area contributed by atoms with E-state index in [-0.39, 0.29) is 24.0 Å². The van der Waals surface area contributed by atoms with Crippen LogP contribution in [0.25, 0.3) is 0 Å². The van der Waals surface area contributed by atoms with Gasteiger partial charge >= 0.3 is 0 Å². The van der Waals surface area contributed by atoms with Gasteiger partial charge in [-0.1, -0.05) is 18.2 Å². The second kappa shape index (κ2) is 11.6. The third-order valence-electron chi connectivity index (χ3n) is 2.85. The standard InChI is InChI=1S/C15H25N3O2.HI/c1-5-16-15(17-10-11-19-3)18(2)12-13-8-6-7-9-14(13)20-4;/h6-9H,5,10-12H2,1-4H3,(H,16,17);1H. The number of halogens is 1. The third-order valence-corrected chi connectivity index (χ3v) is 2.85. The van der Waals surface area contributed by atoms with E-state index in [4.69, 9.17) is 9.47 Å². The molecule has 0 aliphatic carbocycles. The zero-order valence-electron chi connectivity index (χ0n) is 13.3. The molecular formula is C15H26IN3O2. The molecular weight excluding hydrogens is 381 g/mol. The van der Waals surface area contributed by atoms with E-state index in [0.717, 1.165) is 30.4 Å². The van der Waals surface area contributed by atoms with Gasteiger partial charge in [-0.3, -0.25) is 4.99 Å². The minimum atomic E-state index is 0. The number of nitrogens with zero attached hydrogens (tertiary/aromatic N) is 2. The molecule has 0 atom stereocenters. The van der Waals surface area contributed by atoms with Crippen LogP contribution in [0, 0.1) is 0 Å². The smallest absolute Gasteiger partial charge is 0.194 e. The van der Waals surface area contributed by atoms with Crippen LogP contribution in [-0.4, -0.2) is 51.8 Å². The van der Waals surface area contributed by atoms with E-state index < -0.39 is 0 Å². The summed E-state index contributed by atoms with van der Waals surface area (Å²) in [6.07, 6.45) is 0. The minimum Gasteiger partial charge on any atom is -0.496 e. The predicted molar refractivity (Wildman–Crippen MR) is 97.7 cm³/mol. The average Bonchev–Trinajstić information content (AvgIpc) is 2.47. The van der Waals surface area contributed by atoms with Crippen molar-refractivity contribution in [2.45, 2.75) is 13.5 Å². The molecule has 1 aromatic rings. The van der Waals surface area contributed by atoms with Crippen molar-refractivity contribution in [2.75, 3.05) is 41.0 Å². The lowest BCUT2D eigenvalue weighted by molar-refractivity contribution is 0.207. The molecule has 0 fully saturated rings. The Labute approximate surface area is 144 Å². The maximum absolute atomic E-state index is 5.38. The number of hydrogen-bond acceptors (Lipinski definition) is 3. The Morgan fingerprint density at radius 3 is 2.62 bits per heavy atom. The summed E-state index contributed by atoms with van der Waals surface area (Å²) < 4.78 is 10.4. The highest BCUT2D eigenvalue weighted by molar-refractivity contribution is 14.0. The highest BCUT2D eigenvalue weighted by Gasteiger charge is 2.09. The molecule has 5 nitrogen and oxygen atoms in total. The van der Waals surface area contributed by atoms with E-state index in [9.17, 15) is 0 Å². The Balaban J connectivity index is 0.00000400. The molecule has 0 saturated heterocycles. The van der Waals surface area contributed by atoms with Gasteiger partial charge in [0.05, 0.1) is 20.3 Å². The van der Waals surface area contributed by atoms with Gasteiger partial charge in [0.25, 0.3) is 0 Å². The number of rotatable bonds is 7. The molecule has 0 amide bonds. The van der Waals surface area contributed by atoms with Crippen LogP contribution in [0.5, 0.6) is 5.75 Å². The molecule has 0 aliphatic rings. The lowest BCUT2D eigenvalue weighted by atomic mass is 10.2. The summed E-state index contributed by atoms with van der Waals surface area (Å²) in [7, 11) is 5.39. The van der Waals surface area contributed by atoms with Crippen molar-refractivity contribution < 1.29 is 9.47 Å². The molecule has 0 bridgehead atoms. The number of guanidine groups is 1. The molecule has 1 rings (SSSR count). The number of ether oxygens (including phenoxy) is 2. The largest absolute Gasteiger partial charge is 0.496 e. The number of aliphatic imine (C=N–C) groups is 1. The van der Waals surface area contributed by atoms with Crippen LogP contribution >= 0.6 is 24.0 Å². The van der Waals surface area contributed by atoms with E-state index in [2.05, 4.69) is 28.2 Å². The molecule has 120 valence electrons. The molecule has 1 aromatic carbocycles. The molecule has 1 N–H and O–H groups in total. The molecule has 0 radical (unpaired) electrons. The van der Waals surface area contributed by atoms with Gasteiger partial charge in [-0.15, -0.1) is 24.0 Å². The van der Waals surface area contributed by atoms with E-state index in [1.54, 1.807) is 14.2 Å². The molecule has 0 heterocycles. The first kappa shape index (κ1) is 20.0. The average molecular weight is 407 g/mol. The monoisotopic (exact) mass is 407 g/mol. The van der Waals surface area contributed by atoms with E-state index >= 15 is 0 Å². The van der Waals surface area contributed by atoms with Gasteiger partial charge in [0, 0.05) is 32.8 Å². The van der Waals surface area contributed by atoms with Gasteiger partial charge in [-0.2, -0.15) is 0 Å². The van der Waals surface area contributed by atoms with Crippen molar-refractivity contribution >= 4 is 29.9 Å². The maximum atomic E-state index is 5.38. The number of hydrogen-bond donors (Lipinski definition) is 1. The fourth-order valence-electron chi connectivity index (χ4n) is 1.88. The fraction of sp³-hybridized carbons (Fsp3) is 0.533. The fourth-order valence-corrected chi connectivity index (χ4v) is 1.88. The quantitative estimate of drug-likeness (QED) is 0.326. The number of methoxy groups -OCH3 is 2. The second-order valence-electron chi connectivity index (χ2n) is 4.40. The lowest BCUT2D eigenvalue weighted by Gasteiger charge is -2.23. The van der Waals surface area contributed by atoms with Crippen molar-refractivity contribution in [3.8, 4) is 5.75 Å². The first-order valence-corrected chi connectivity index (χ1v) is 6.83. The molecule has 0 saturated carbocycles. The van der Waals surface area contributed by atoms with Gasteiger partial charge in [0.15, 0.2) is 5.96 Å². The van der Waals surface area contributed by atoms with Crippen LogP contribution in [0.4, 0.5) is 0 Å². The normalized spacial score (nSPS) is 10.8. The maximum Gasteiger partial charge on any atom is 0.194 e. The Bertz CT molecular complexity index is 427. The summed E-state index contributed by atoms with van der Waals surface area (Å²) in [5.41, 5.74) is 1.13. The summed E-state index contributed by atoms with van der Waals surface area (Å²) in [6, 6.07) is 8.02. The van der Waals surface area contributed by atoms with Crippen LogP contribution in [0.3, 0.4) is 0 Å². The molecule has 0 unspecified atom stereocenters. The Morgan fingerprint density at radius 2 is 2.00 bits per heavy atom. The highest BCUT2D eigenvalue weighted by Crippen LogP contribution is 2.18. The van der Waals surface area contributed by atoms with Crippen LogP contribution in [0.15, 0.2) is 29.3 Å². The summed E-state index contributed by atoms with van der Waals surface area (Å²) in [5, 5.41) is 3.28. The first-order valence-electron chi connectivity index (χ1n) is 6.83. The molecule has 0 aliphatic heterocycles. The Kier molecular flexibility index (Phi) is 11.1. The lowest BCUT2D eigenvalue weighted by Crippen LogP contribution is -2.38. The zero-order valence-corrected chi connectivity index (χ0v) is 15.6. The summed E-state index contributed by atoms with van der Waals surface area (Å²) >= 11 is 0. The summed E-state index contributed by atoms with van der Waals surface area (Å²) in [4.78, 5) is 6.60. The summed E-state index contributed by atoms with van der Waals surface area (Å²) in [6.45, 7) is 4.90. The van der Waals surface area contributed by atoms with Gasteiger partial charge in [-0.05, 0) is 13.0 Å². The van der Waals surface area contributed by atoms with Crippen LogP contribution < -0.4 is 10.1 Å². The van der Waals surface area contributed by atoms with Gasteiger partial charge < -0.3 is 19.7 Å². The van der Waals surface area contributed by atoms with Crippen LogP contribution in [0.2, 0.25) is 0 Å². The molecule has 0 spiro atoms. The number of nitrogens with one attached hydrogen (secondary N) is 1. The van der Waals surface area contributed by atoms with Crippen molar-refractivity contribution in [1.82, 2.24) is 10.2 Å².